The van der Waals surface area contributed by atoms with Gasteiger partial charge in [-0.1, -0.05) is 19.1 Å². The van der Waals surface area contributed by atoms with Gasteiger partial charge in [-0.05, 0) is 18.6 Å². The fourth-order valence-electron chi connectivity index (χ4n) is 2.86. The Morgan fingerprint density at radius 1 is 0.833 bits per heavy atom. The maximum absolute atomic E-state index is 11.7. The maximum atomic E-state index is 11.7. The predicted molar refractivity (Wildman–Crippen MR) is 108 cm³/mol. The van der Waals surface area contributed by atoms with E-state index in [4.69, 9.17) is 23.7 Å². The average molecular weight is 447 g/mol. The molecule has 0 amide bonds. The zero-order valence-corrected chi connectivity index (χ0v) is 18.8. The molecule has 0 aromatic rings. The number of hydrogen-bond donors (Lipinski definition) is 0. The molecular formula is C20H30O9S. The van der Waals surface area contributed by atoms with Crippen molar-refractivity contribution in [3.05, 3.63) is 12.2 Å². The van der Waals surface area contributed by atoms with Gasteiger partial charge in [-0.25, -0.2) is 0 Å². The second-order valence-electron chi connectivity index (χ2n) is 6.61. The lowest BCUT2D eigenvalue weighted by molar-refractivity contribution is -0.237. The number of thioether (sulfide) groups is 1. The zero-order valence-electron chi connectivity index (χ0n) is 18.0. The van der Waals surface area contributed by atoms with Gasteiger partial charge in [0.1, 0.15) is 18.1 Å². The molecule has 0 bridgehead atoms. The largest absolute Gasteiger partial charge is 0.463 e. The smallest absolute Gasteiger partial charge is 0.303 e. The molecule has 1 saturated heterocycles. The van der Waals surface area contributed by atoms with E-state index in [1.165, 1.54) is 39.5 Å². The van der Waals surface area contributed by atoms with E-state index in [-0.39, 0.29) is 6.61 Å². The summed E-state index contributed by atoms with van der Waals surface area (Å²) in [5.41, 5.74) is -0.722. The van der Waals surface area contributed by atoms with E-state index in [1.54, 1.807) is 0 Å². The van der Waals surface area contributed by atoms with Crippen LogP contribution in [0.2, 0.25) is 0 Å². The summed E-state index contributed by atoms with van der Waals surface area (Å²) in [7, 11) is 0. The fraction of sp³-hybridized carbons (Fsp3) is 0.700. The van der Waals surface area contributed by atoms with Crippen LogP contribution < -0.4 is 0 Å². The van der Waals surface area contributed by atoms with Gasteiger partial charge in [0.25, 0.3) is 0 Å². The normalized spacial score (nSPS) is 26.1. The first-order valence-electron chi connectivity index (χ1n) is 9.72. The molecule has 1 heterocycles. The molecule has 0 aliphatic carbocycles. The molecule has 0 radical (unpaired) electrons. The summed E-state index contributed by atoms with van der Waals surface area (Å²) in [5, 5.41) is 0. The Morgan fingerprint density at radius 3 is 1.93 bits per heavy atom. The van der Waals surface area contributed by atoms with Crippen LogP contribution >= 0.6 is 11.8 Å². The highest BCUT2D eigenvalue weighted by molar-refractivity contribution is 7.99. The number of hydrogen-bond acceptors (Lipinski definition) is 10. The van der Waals surface area contributed by atoms with E-state index in [9.17, 15) is 19.2 Å². The molecule has 0 N–H and O–H groups in total. The molecule has 0 unspecified atom stereocenters. The van der Waals surface area contributed by atoms with Gasteiger partial charge in [0.2, 0.25) is 0 Å². The van der Waals surface area contributed by atoms with Crippen LogP contribution in [0, 0.1) is 0 Å². The number of carbonyl (C=O) groups is 4. The summed E-state index contributed by atoms with van der Waals surface area (Å²) in [6, 6.07) is 0. The highest BCUT2D eigenvalue weighted by Gasteiger charge is 2.52. The van der Waals surface area contributed by atoms with Gasteiger partial charge < -0.3 is 23.7 Å². The van der Waals surface area contributed by atoms with Crippen LogP contribution in [0.3, 0.4) is 0 Å². The molecule has 0 aromatic heterocycles. The first-order valence-corrected chi connectivity index (χ1v) is 10.8. The molecule has 1 rings (SSSR count). The Bertz CT molecular complexity index is 634. The summed E-state index contributed by atoms with van der Waals surface area (Å²) >= 11 is 1.36. The van der Waals surface area contributed by atoms with Crippen molar-refractivity contribution in [1.82, 2.24) is 0 Å². The highest BCUT2D eigenvalue weighted by atomic mass is 32.2. The lowest BCUT2D eigenvalue weighted by Crippen LogP contribution is -2.61. The number of allylic oxidation sites excluding steroid dienone is 2. The number of esters is 4. The van der Waals surface area contributed by atoms with Gasteiger partial charge >= 0.3 is 23.9 Å². The van der Waals surface area contributed by atoms with Crippen LogP contribution in [0.15, 0.2) is 12.2 Å². The fourth-order valence-corrected chi connectivity index (χ4v) is 3.99. The topological polar surface area (TPSA) is 114 Å². The summed E-state index contributed by atoms with van der Waals surface area (Å²) in [5.74, 6) is -1.79. The van der Waals surface area contributed by atoms with Crippen LogP contribution in [0.4, 0.5) is 0 Å². The lowest BCUT2D eigenvalue weighted by Gasteiger charge is -2.44. The molecule has 0 saturated carbocycles. The van der Waals surface area contributed by atoms with E-state index in [0.717, 1.165) is 12.8 Å². The van der Waals surface area contributed by atoms with E-state index >= 15 is 0 Å². The molecular weight excluding hydrogens is 416 g/mol. The summed E-state index contributed by atoms with van der Waals surface area (Å²) < 4.78 is 27.2. The van der Waals surface area contributed by atoms with Crippen molar-refractivity contribution in [1.29, 1.82) is 0 Å². The van der Waals surface area contributed by atoms with Crippen molar-refractivity contribution < 1.29 is 42.9 Å². The van der Waals surface area contributed by atoms with Crippen LogP contribution in [-0.2, 0) is 42.9 Å². The Hall–Kier alpha value is -2.07. The average Bonchev–Trinajstić information content (AvgIpc) is 2.63. The van der Waals surface area contributed by atoms with E-state index < -0.39 is 53.7 Å². The number of carbonyl (C=O) groups excluding carboxylic acids is 4. The summed E-state index contributed by atoms with van der Waals surface area (Å²) in [6.07, 6.45) is 1.59. The minimum Gasteiger partial charge on any atom is -0.463 e. The summed E-state index contributed by atoms with van der Waals surface area (Å²) in [4.78, 5) is 46.4. The quantitative estimate of drug-likeness (QED) is 0.214. The molecule has 1 aliphatic heterocycles. The maximum Gasteiger partial charge on any atom is 0.303 e. The zero-order chi connectivity index (χ0) is 22.7. The molecule has 5 atom stereocenters. The third-order valence-corrected chi connectivity index (χ3v) is 5.10. The molecule has 170 valence electrons. The van der Waals surface area contributed by atoms with Gasteiger partial charge in [-0.2, -0.15) is 0 Å². The standard InChI is InChI=1S/C20H30O9S/c1-6-7-8-9-10-30-20-19(28-15(5)24)18(27-14(4)23)17(26-13(3)22)16(29-20)11-25-12(2)21/h7-8,16-20H,6,9-11H2,1-5H3/b8-7+/t16-,17-,18+,19-,20+/m1/s1. The number of ether oxygens (including phenoxy) is 5. The summed E-state index contributed by atoms with van der Waals surface area (Å²) in [6.45, 7) is 6.66. The Kier molecular flexibility index (Phi) is 11.5. The Balaban J connectivity index is 3.17. The third-order valence-electron chi connectivity index (χ3n) is 3.92. The van der Waals surface area contributed by atoms with Crippen LogP contribution in [0.25, 0.3) is 0 Å². The van der Waals surface area contributed by atoms with Crippen LogP contribution in [0.1, 0.15) is 47.5 Å². The Morgan fingerprint density at radius 2 is 1.40 bits per heavy atom. The van der Waals surface area contributed by atoms with Crippen LogP contribution in [0.5, 0.6) is 0 Å². The molecule has 0 aromatic carbocycles. The SMILES string of the molecule is CC/C=C/CCS[C@@H]1O[C@H](COC(C)=O)[C@@H](OC(C)=O)[C@H](OC(C)=O)[C@H]1OC(C)=O. The molecule has 0 spiro atoms. The van der Waals surface area contributed by atoms with E-state index in [1.807, 2.05) is 19.1 Å². The van der Waals surface area contributed by atoms with Crippen molar-refractivity contribution in [2.45, 2.75) is 77.3 Å². The van der Waals surface area contributed by atoms with Gasteiger partial charge in [0.05, 0.1) is 0 Å². The first kappa shape index (κ1) is 26.0. The molecule has 30 heavy (non-hydrogen) atoms. The first-order chi connectivity index (χ1) is 14.1. The van der Waals surface area contributed by atoms with Gasteiger partial charge in [-0.3, -0.25) is 19.2 Å². The third kappa shape index (κ3) is 9.17. The minimum absolute atomic E-state index is 0.218. The van der Waals surface area contributed by atoms with Gasteiger partial charge in [0, 0.05) is 27.7 Å². The molecule has 9 nitrogen and oxygen atoms in total. The predicted octanol–water partition coefficient (Wildman–Crippen LogP) is 2.16. The van der Waals surface area contributed by atoms with Crippen molar-refractivity contribution in [3.8, 4) is 0 Å². The van der Waals surface area contributed by atoms with E-state index in [0.29, 0.717) is 5.75 Å². The molecule has 10 heteroatoms. The van der Waals surface area contributed by atoms with Gasteiger partial charge in [-0.15, -0.1) is 11.8 Å². The van der Waals surface area contributed by atoms with Crippen molar-refractivity contribution in [2.24, 2.45) is 0 Å². The Labute approximate surface area is 180 Å². The van der Waals surface area contributed by atoms with Crippen molar-refractivity contribution >= 4 is 35.6 Å². The van der Waals surface area contributed by atoms with E-state index in [2.05, 4.69) is 0 Å². The monoisotopic (exact) mass is 446 g/mol. The second kappa shape index (κ2) is 13.3. The highest BCUT2D eigenvalue weighted by Crippen LogP contribution is 2.34. The minimum atomic E-state index is -1.12. The number of rotatable bonds is 10. The molecule has 1 fully saturated rings. The van der Waals surface area contributed by atoms with Crippen molar-refractivity contribution in [3.63, 3.8) is 0 Å². The van der Waals surface area contributed by atoms with Crippen LogP contribution in [-0.4, -0.2) is 66.1 Å². The van der Waals surface area contributed by atoms with Gasteiger partial charge in [0.15, 0.2) is 18.3 Å². The second-order valence-corrected chi connectivity index (χ2v) is 7.81. The lowest BCUT2D eigenvalue weighted by atomic mass is 9.99. The molecule has 1 aliphatic rings. The van der Waals surface area contributed by atoms with Crippen molar-refractivity contribution in [2.75, 3.05) is 12.4 Å².